The molecule has 0 radical (unpaired) electrons. The minimum Gasteiger partial charge on any atom is -0.296 e. The number of allylic oxidation sites excluding steroid dienone is 2. The summed E-state index contributed by atoms with van der Waals surface area (Å²) in [5.41, 5.74) is 0. The van der Waals surface area contributed by atoms with Crippen LogP contribution in [0.15, 0.2) is 12.2 Å². The number of rotatable bonds is 3. The number of imide groups is 1. The molecule has 2 fully saturated rings. The number of amides is 2. The fourth-order valence-electron chi connectivity index (χ4n) is 3.52. The maximum absolute atomic E-state index is 11.9. The van der Waals surface area contributed by atoms with Gasteiger partial charge in [-0.15, -0.1) is 0 Å². The second-order valence-electron chi connectivity index (χ2n) is 5.72. The molecule has 0 spiro atoms. The zero-order valence-electron chi connectivity index (χ0n) is 10.8. The number of fused-ring (bicyclic) bond motifs is 1. The van der Waals surface area contributed by atoms with E-state index in [0.29, 0.717) is 11.8 Å². The van der Waals surface area contributed by atoms with E-state index in [1.54, 1.807) is 0 Å². The first-order valence-electron chi connectivity index (χ1n) is 6.52. The second kappa shape index (κ2) is 4.63. The lowest BCUT2D eigenvalue weighted by Crippen LogP contribution is -2.26. The first-order valence-corrected chi connectivity index (χ1v) is 6.52. The van der Waals surface area contributed by atoms with E-state index in [-0.39, 0.29) is 29.6 Å². The summed E-state index contributed by atoms with van der Waals surface area (Å²) in [6, 6.07) is 0. The molecule has 1 saturated heterocycles. The Morgan fingerprint density at radius 3 is 2.53 bits per heavy atom. The van der Waals surface area contributed by atoms with Gasteiger partial charge in [0.2, 0.25) is 11.8 Å². The largest absolute Gasteiger partial charge is 0.296 e. The van der Waals surface area contributed by atoms with Crippen LogP contribution in [0.2, 0.25) is 0 Å². The highest BCUT2D eigenvalue weighted by Crippen LogP contribution is 2.47. The Labute approximate surface area is 103 Å². The number of hydrogen-bond donors (Lipinski definition) is 1. The third-order valence-corrected chi connectivity index (χ3v) is 4.00. The minimum absolute atomic E-state index is 0.0438. The summed E-state index contributed by atoms with van der Waals surface area (Å²) in [6.45, 7) is 6.32. The Kier molecular flexibility index (Phi) is 3.36. The lowest BCUT2D eigenvalue weighted by atomic mass is 9.85. The van der Waals surface area contributed by atoms with Crippen molar-refractivity contribution in [3.8, 4) is 0 Å². The van der Waals surface area contributed by atoms with E-state index in [2.05, 4.69) is 25.2 Å². The molecule has 1 heterocycles. The summed E-state index contributed by atoms with van der Waals surface area (Å²) in [7, 11) is 0. The molecule has 1 N–H and O–H groups in total. The molecule has 2 rings (SSSR count). The molecule has 4 unspecified atom stereocenters. The van der Waals surface area contributed by atoms with Crippen LogP contribution in [0.5, 0.6) is 0 Å². The van der Waals surface area contributed by atoms with Crippen LogP contribution < -0.4 is 5.32 Å². The van der Waals surface area contributed by atoms with Crippen LogP contribution in [0.3, 0.4) is 0 Å². The maximum Gasteiger partial charge on any atom is 0.231 e. The third kappa shape index (κ3) is 2.15. The van der Waals surface area contributed by atoms with E-state index in [9.17, 15) is 9.59 Å². The SMILES string of the molecule is C/C=C\C1CC(CC(C)C)C2C(=O)NC(=O)C12. The van der Waals surface area contributed by atoms with Gasteiger partial charge in [-0.2, -0.15) is 0 Å². The Morgan fingerprint density at radius 1 is 1.29 bits per heavy atom. The topological polar surface area (TPSA) is 46.2 Å². The molecule has 0 aromatic rings. The normalized spacial score (nSPS) is 36.9. The van der Waals surface area contributed by atoms with Crippen molar-refractivity contribution in [2.75, 3.05) is 0 Å². The molecule has 0 aromatic heterocycles. The van der Waals surface area contributed by atoms with Gasteiger partial charge in [0.05, 0.1) is 11.8 Å². The van der Waals surface area contributed by atoms with Crippen LogP contribution in [0.25, 0.3) is 0 Å². The molecule has 17 heavy (non-hydrogen) atoms. The van der Waals surface area contributed by atoms with Crippen LogP contribution in [0.4, 0.5) is 0 Å². The molecule has 0 aromatic carbocycles. The van der Waals surface area contributed by atoms with Gasteiger partial charge in [-0.1, -0.05) is 26.0 Å². The van der Waals surface area contributed by atoms with Crippen LogP contribution in [-0.2, 0) is 9.59 Å². The molecule has 2 aliphatic rings. The van der Waals surface area contributed by atoms with E-state index in [0.717, 1.165) is 12.8 Å². The highest BCUT2D eigenvalue weighted by atomic mass is 16.2. The van der Waals surface area contributed by atoms with E-state index < -0.39 is 0 Å². The van der Waals surface area contributed by atoms with E-state index in [4.69, 9.17) is 0 Å². The molecular formula is C14H21NO2. The molecule has 1 aliphatic carbocycles. The fraction of sp³-hybridized carbons (Fsp3) is 0.714. The van der Waals surface area contributed by atoms with Gasteiger partial charge in [0.1, 0.15) is 0 Å². The summed E-state index contributed by atoms with van der Waals surface area (Å²) in [6.07, 6.45) is 6.11. The number of carbonyl (C=O) groups excluding carboxylic acids is 2. The van der Waals surface area contributed by atoms with E-state index in [1.165, 1.54) is 0 Å². The standard InChI is InChI=1S/C14H21NO2/c1-4-5-9-7-10(6-8(2)3)12-11(9)13(16)15-14(12)17/h4-5,8-12H,6-7H2,1-3H3,(H,15,16,17)/b5-4-. The van der Waals surface area contributed by atoms with Gasteiger partial charge in [0.25, 0.3) is 0 Å². The Morgan fingerprint density at radius 2 is 1.94 bits per heavy atom. The quantitative estimate of drug-likeness (QED) is 0.601. The third-order valence-electron chi connectivity index (χ3n) is 4.00. The smallest absolute Gasteiger partial charge is 0.231 e. The van der Waals surface area contributed by atoms with E-state index in [1.807, 2.05) is 13.0 Å². The second-order valence-corrected chi connectivity index (χ2v) is 5.72. The molecule has 0 bridgehead atoms. The molecule has 1 saturated carbocycles. The monoisotopic (exact) mass is 235 g/mol. The first-order chi connectivity index (χ1) is 8.04. The highest BCUT2D eigenvalue weighted by Gasteiger charge is 2.53. The van der Waals surface area contributed by atoms with Gasteiger partial charge in [-0.25, -0.2) is 0 Å². The van der Waals surface area contributed by atoms with Crippen LogP contribution in [0, 0.1) is 29.6 Å². The summed E-state index contributed by atoms with van der Waals surface area (Å²) < 4.78 is 0. The molecule has 94 valence electrons. The van der Waals surface area contributed by atoms with E-state index >= 15 is 0 Å². The summed E-state index contributed by atoms with van der Waals surface area (Å²) in [5.74, 6) is 0.905. The predicted molar refractivity (Wildman–Crippen MR) is 66.0 cm³/mol. The van der Waals surface area contributed by atoms with Crippen molar-refractivity contribution >= 4 is 11.8 Å². The zero-order chi connectivity index (χ0) is 12.6. The van der Waals surface area contributed by atoms with Crippen molar-refractivity contribution < 1.29 is 9.59 Å². The van der Waals surface area contributed by atoms with Crippen molar-refractivity contribution in [3.05, 3.63) is 12.2 Å². The lowest BCUT2D eigenvalue weighted by molar-refractivity contribution is -0.127. The van der Waals surface area contributed by atoms with Gasteiger partial charge >= 0.3 is 0 Å². The molecule has 3 nitrogen and oxygen atoms in total. The van der Waals surface area contributed by atoms with Gasteiger partial charge in [-0.05, 0) is 37.5 Å². The number of hydrogen-bond acceptors (Lipinski definition) is 2. The molecule has 4 atom stereocenters. The first kappa shape index (κ1) is 12.3. The van der Waals surface area contributed by atoms with Crippen molar-refractivity contribution in [1.29, 1.82) is 0 Å². The summed E-state index contributed by atoms with van der Waals surface area (Å²) in [4.78, 5) is 23.7. The van der Waals surface area contributed by atoms with Crippen molar-refractivity contribution in [2.45, 2.75) is 33.6 Å². The molecule has 3 heteroatoms. The molecule has 2 amide bonds. The van der Waals surface area contributed by atoms with Gasteiger partial charge < -0.3 is 0 Å². The van der Waals surface area contributed by atoms with Crippen molar-refractivity contribution in [2.24, 2.45) is 29.6 Å². The zero-order valence-corrected chi connectivity index (χ0v) is 10.8. The van der Waals surface area contributed by atoms with Gasteiger partial charge in [0, 0.05) is 0 Å². The number of nitrogens with one attached hydrogen (secondary N) is 1. The predicted octanol–water partition coefficient (Wildman–Crippen LogP) is 2.13. The van der Waals surface area contributed by atoms with Crippen LogP contribution in [0.1, 0.15) is 33.6 Å². The average molecular weight is 235 g/mol. The van der Waals surface area contributed by atoms with Crippen LogP contribution >= 0.6 is 0 Å². The van der Waals surface area contributed by atoms with Gasteiger partial charge in [-0.3, -0.25) is 14.9 Å². The lowest BCUT2D eigenvalue weighted by Gasteiger charge is -2.17. The van der Waals surface area contributed by atoms with Crippen molar-refractivity contribution in [3.63, 3.8) is 0 Å². The minimum atomic E-state index is -0.109. The van der Waals surface area contributed by atoms with Crippen LogP contribution in [-0.4, -0.2) is 11.8 Å². The summed E-state index contributed by atoms with van der Waals surface area (Å²) >= 11 is 0. The number of carbonyl (C=O) groups is 2. The average Bonchev–Trinajstić information content (AvgIpc) is 2.69. The Hall–Kier alpha value is -1.12. The highest BCUT2D eigenvalue weighted by molar-refractivity contribution is 6.05. The molecule has 1 aliphatic heterocycles. The fourth-order valence-corrected chi connectivity index (χ4v) is 3.52. The maximum atomic E-state index is 11.9. The van der Waals surface area contributed by atoms with Gasteiger partial charge in [0.15, 0.2) is 0 Å². The molecular weight excluding hydrogens is 214 g/mol. The Balaban J connectivity index is 2.22. The Bertz CT molecular complexity index is 359. The summed E-state index contributed by atoms with van der Waals surface area (Å²) in [5, 5.41) is 2.50. The van der Waals surface area contributed by atoms with Crippen molar-refractivity contribution in [1.82, 2.24) is 5.32 Å².